The van der Waals surface area contributed by atoms with Crippen LogP contribution in [0, 0.1) is 11.8 Å². The highest BCUT2D eigenvalue weighted by Crippen LogP contribution is 2.17. The molecule has 0 aliphatic carbocycles. The molecular formula is C19H36N4O4. The summed E-state index contributed by atoms with van der Waals surface area (Å²) in [5.41, 5.74) is 0. The van der Waals surface area contributed by atoms with E-state index in [-0.39, 0.29) is 30.1 Å². The number of nitrogens with zero attached hydrogens (tertiary/aromatic N) is 2. The first-order valence-electron chi connectivity index (χ1n) is 9.50. The van der Waals surface area contributed by atoms with Crippen LogP contribution in [0.2, 0.25) is 0 Å². The van der Waals surface area contributed by atoms with Crippen molar-refractivity contribution < 1.29 is 19.2 Å². The van der Waals surface area contributed by atoms with Crippen molar-refractivity contribution in [3.8, 4) is 0 Å². The second-order valence-electron chi connectivity index (χ2n) is 7.67. The first-order chi connectivity index (χ1) is 12.5. The fraction of sp³-hybridized carbons (Fsp3) is 0.789. The summed E-state index contributed by atoms with van der Waals surface area (Å²) in [5, 5.41) is 4.87. The highest BCUT2D eigenvalue weighted by molar-refractivity contribution is 5.97. The molecule has 0 bridgehead atoms. The smallest absolute Gasteiger partial charge is 0.324 e. The van der Waals surface area contributed by atoms with Crippen LogP contribution in [0.3, 0.4) is 0 Å². The number of likely N-dealkylation sites (N-methyl/N-ethyl adjacent to an activating group) is 3. The van der Waals surface area contributed by atoms with E-state index in [0.717, 1.165) is 0 Å². The maximum Gasteiger partial charge on any atom is 0.324 e. The van der Waals surface area contributed by atoms with Crippen LogP contribution in [0.5, 0.6) is 0 Å². The summed E-state index contributed by atoms with van der Waals surface area (Å²) in [6.45, 7) is 9.51. The number of hydrogen-bond donors (Lipinski definition) is 2. The first kappa shape index (κ1) is 24.9. The average molecular weight is 385 g/mol. The molecule has 0 aromatic rings. The van der Waals surface area contributed by atoms with Gasteiger partial charge in [-0.1, -0.05) is 34.6 Å². The molecule has 0 unspecified atom stereocenters. The predicted octanol–water partition coefficient (Wildman–Crippen LogP) is 1.60. The summed E-state index contributed by atoms with van der Waals surface area (Å²) in [6, 6.07) is -2.00. The molecular weight excluding hydrogens is 348 g/mol. The minimum absolute atomic E-state index is 0.146. The number of imide groups is 1. The molecule has 0 aromatic carbocycles. The summed E-state index contributed by atoms with van der Waals surface area (Å²) in [7, 11) is 4.62. The van der Waals surface area contributed by atoms with E-state index in [4.69, 9.17) is 0 Å². The molecule has 8 heteroatoms. The largest absolute Gasteiger partial charge is 0.357 e. The molecule has 0 aromatic heterocycles. The van der Waals surface area contributed by atoms with E-state index in [1.165, 1.54) is 23.9 Å². The Kier molecular flexibility index (Phi) is 10.7. The van der Waals surface area contributed by atoms with Gasteiger partial charge in [-0.15, -0.1) is 0 Å². The molecule has 0 aliphatic heterocycles. The number of nitrogens with one attached hydrogen (secondary N) is 2. The normalized spacial score (nSPS) is 13.1. The maximum absolute atomic E-state index is 13.2. The van der Waals surface area contributed by atoms with Crippen LogP contribution < -0.4 is 10.6 Å². The molecule has 0 aliphatic rings. The van der Waals surface area contributed by atoms with Crippen LogP contribution >= 0.6 is 0 Å². The third-order valence-corrected chi connectivity index (χ3v) is 4.39. The van der Waals surface area contributed by atoms with Gasteiger partial charge in [0.2, 0.25) is 17.7 Å². The lowest BCUT2D eigenvalue weighted by Gasteiger charge is -2.35. The van der Waals surface area contributed by atoms with E-state index in [0.29, 0.717) is 12.8 Å². The van der Waals surface area contributed by atoms with Crippen molar-refractivity contribution in [2.45, 2.75) is 66.0 Å². The van der Waals surface area contributed by atoms with E-state index in [9.17, 15) is 19.2 Å². The van der Waals surface area contributed by atoms with Crippen molar-refractivity contribution in [2.75, 3.05) is 21.1 Å². The number of hydrogen-bond acceptors (Lipinski definition) is 4. The topological polar surface area (TPSA) is 98.8 Å². The van der Waals surface area contributed by atoms with Gasteiger partial charge in [-0.2, -0.15) is 0 Å². The molecule has 8 nitrogen and oxygen atoms in total. The number of carbonyl (C=O) groups excluding carboxylic acids is 4. The summed E-state index contributed by atoms with van der Waals surface area (Å²) in [4.78, 5) is 52.0. The minimum atomic E-state index is -0.765. The van der Waals surface area contributed by atoms with Crippen LogP contribution in [0.4, 0.5) is 4.79 Å². The Morgan fingerprint density at radius 2 is 1.33 bits per heavy atom. The average Bonchev–Trinajstić information content (AvgIpc) is 2.61. The van der Waals surface area contributed by atoms with Gasteiger partial charge in [-0.25, -0.2) is 4.79 Å². The van der Waals surface area contributed by atoms with Crippen molar-refractivity contribution in [2.24, 2.45) is 11.8 Å². The van der Waals surface area contributed by atoms with Gasteiger partial charge in [0.1, 0.15) is 12.1 Å². The molecule has 0 fully saturated rings. The van der Waals surface area contributed by atoms with Gasteiger partial charge in [0.25, 0.3) is 0 Å². The summed E-state index contributed by atoms with van der Waals surface area (Å²) in [6.07, 6.45) is 1.12. The van der Waals surface area contributed by atoms with Gasteiger partial charge >= 0.3 is 6.03 Å². The van der Waals surface area contributed by atoms with Gasteiger partial charge in [0.05, 0.1) is 0 Å². The van der Waals surface area contributed by atoms with E-state index >= 15 is 0 Å². The minimum Gasteiger partial charge on any atom is -0.357 e. The third kappa shape index (κ3) is 7.97. The van der Waals surface area contributed by atoms with Crippen LogP contribution in [0.25, 0.3) is 0 Å². The zero-order valence-electron chi connectivity index (χ0n) is 18.0. The molecule has 0 spiro atoms. The lowest BCUT2D eigenvalue weighted by atomic mass is 9.98. The number of carbonyl (C=O) groups is 4. The maximum atomic E-state index is 13.2. The van der Waals surface area contributed by atoms with Crippen molar-refractivity contribution in [1.29, 1.82) is 0 Å². The SMILES string of the molecule is CCC(=O)NC(=O)N(C)[C@@H](CC(C)C)C(=O)N(C)[C@@H](CC(C)C)C(=O)NC. The summed E-state index contributed by atoms with van der Waals surface area (Å²) >= 11 is 0. The van der Waals surface area contributed by atoms with Crippen LogP contribution in [-0.4, -0.2) is 66.8 Å². The van der Waals surface area contributed by atoms with Crippen LogP contribution in [0.1, 0.15) is 53.9 Å². The van der Waals surface area contributed by atoms with Gasteiger partial charge < -0.3 is 15.1 Å². The predicted molar refractivity (Wildman–Crippen MR) is 105 cm³/mol. The molecule has 5 amide bonds. The monoisotopic (exact) mass is 384 g/mol. The molecule has 2 N–H and O–H groups in total. The standard InChI is InChI=1S/C19H36N4O4/c1-9-16(24)21-19(27)23(8)15(11-13(4)5)18(26)22(7)14(10-12(2)3)17(25)20-6/h12-15H,9-11H2,1-8H3,(H,20,25)(H,21,24,27)/t14-,15-/m0/s1. The zero-order chi connectivity index (χ0) is 21.3. The second-order valence-corrected chi connectivity index (χ2v) is 7.67. The first-order valence-corrected chi connectivity index (χ1v) is 9.50. The Labute approximate surface area is 163 Å². The summed E-state index contributed by atoms with van der Waals surface area (Å²) in [5.74, 6) is -0.600. The van der Waals surface area contributed by atoms with Crippen LogP contribution in [0.15, 0.2) is 0 Å². The molecule has 2 atom stereocenters. The lowest BCUT2D eigenvalue weighted by Crippen LogP contribution is -2.56. The molecule has 0 radical (unpaired) electrons. The van der Waals surface area contributed by atoms with E-state index in [2.05, 4.69) is 10.6 Å². The Morgan fingerprint density at radius 3 is 1.74 bits per heavy atom. The van der Waals surface area contributed by atoms with Gasteiger partial charge in [-0.3, -0.25) is 19.7 Å². The highest BCUT2D eigenvalue weighted by Gasteiger charge is 2.35. The molecule has 0 rings (SSSR count). The van der Waals surface area contributed by atoms with Gasteiger partial charge in [0.15, 0.2) is 0 Å². The van der Waals surface area contributed by atoms with Crippen LogP contribution in [-0.2, 0) is 14.4 Å². The van der Waals surface area contributed by atoms with Crippen molar-refractivity contribution in [3.05, 3.63) is 0 Å². The highest BCUT2D eigenvalue weighted by atomic mass is 16.2. The van der Waals surface area contributed by atoms with Crippen molar-refractivity contribution in [1.82, 2.24) is 20.4 Å². The quantitative estimate of drug-likeness (QED) is 0.631. The molecule has 0 saturated heterocycles. The zero-order valence-corrected chi connectivity index (χ0v) is 18.0. The molecule has 0 saturated carbocycles. The number of urea groups is 1. The van der Waals surface area contributed by atoms with Gasteiger partial charge in [0, 0.05) is 27.6 Å². The molecule has 27 heavy (non-hydrogen) atoms. The van der Waals surface area contributed by atoms with E-state index in [1.807, 2.05) is 27.7 Å². The van der Waals surface area contributed by atoms with Crippen molar-refractivity contribution in [3.63, 3.8) is 0 Å². The van der Waals surface area contributed by atoms with E-state index in [1.54, 1.807) is 14.0 Å². The molecule has 0 heterocycles. The summed E-state index contributed by atoms with van der Waals surface area (Å²) < 4.78 is 0. The fourth-order valence-corrected chi connectivity index (χ4v) is 2.75. The second kappa shape index (κ2) is 11.6. The number of rotatable bonds is 9. The Balaban J connectivity index is 5.57. The lowest BCUT2D eigenvalue weighted by molar-refractivity contribution is -0.143. The Hall–Kier alpha value is -2.12. The Bertz CT molecular complexity index is 534. The fourth-order valence-electron chi connectivity index (χ4n) is 2.75. The third-order valence-electron chi connectivity index (χ3n) is 4.39. The Morgan fingerprint density at radius 1 is 0.852 bits per heavy atom. The van der Waals surface area contributed by atoms with E-state index < -0.39 is 24.0 Å². The molecule has 156 valence electrons. The van der Waals surface area contributed by atoms with Gasteiger partial charge in [-0.05, 0) is 24.7 Å². The van der Waals surface area contributed by atoms with Crippen molar-refractivity contribution >= 4 is 23.8 Å². The number of amides is 5.